The lowest BCUT2D eigenvalue weighted by atomic mass is 9.75. The average molecular weight is 231 g/mol. The summed E-state index contributed by atoms with van der Waals surface area (Å²) in [6, 6.07) is 12.4. The molecule has 0 heterocycles. The Kier molecular flexibility index (Phi) is 4.61. The highest BCUT2D eigenvalue weighted by Gasteiger charge is 2.30. The molecule has 0 amide bonds. The fourth-order valence-electron chi connectivity index (χ4n) is 2.84. The first-order chi connectivity index (χ1) is 8.33. The van der Waals surface area contributed by atoms with Crippen molar-refractivity contribution in [3.8, 4) is 0 Å². The van der Waals surface area contributed by atoms with Crippen LogP contribution in [0, 0.1) is 0 Å². The van der Waals surface area contributed by atoms with Gasteiger partial charge < -0.3 is 5.32 Å². The second kappa shape index (κ2) is 6.20. The van der Waals surface area contributed by atoms with Crippen LogP contribution in [0.1, 0.15) is 57.4 Å². The fraction of sp³-hybridized carbons (Fsp3) is 0.625. The maximum atomic E-state index is 3.80. The molecule has 1 aromatic rings. The van der Waals surface area contributed by atoms with Crippen molar-refractivity contribution < 1.29 is 0 Å². The van der Waals surface area contributed by atoms with Crippen LogP contribution in [0.3, 0.4) is 0 Å². The van der Waals surface area contributed by atoms with Crippen LogP contribution in [0.2, 0.25) is 0 Å². The molecule has 1 atom stereocenters. The molecule has 0 radical (unpaired) electrons. The van der Waals surface area contributed by atoms with E-state index in [4.69, 9.17) is 0 Å². The standard InChI is InChI=1S/C16H25N/c1-3-8-15(4-2)17-16-11-14(12-16)13-9-6-5-7-10-13/h5-7,9-10,14-17H,3-4,8,11-12H2,1-2H3. The zero-order valence-corrected chi connectivity index (χ0v) is 11.2. The first-order valence-corrected chi connectivity index (χ1v) is 7.14. The molecule has 0 saturated heterocycles. The van der Waals surface area contributed by atoms with Crippen molar-refractivity contribution in [3.05, 3.63) is 35.9 Å². The summed E-state index contributed by atoms with van der Waals surface area (Å²) in [5, 5.41) is 3.80. The number of hydrogen-bond acceptors (Lipinski definition) is 1. The van der Waals surface area contributed by atoms with Crippen LogP contribution in [0.15, 0.2) is 30.3 Å². The third-order valence-electron chi connectivity index (χ3n) is 4.01. The van der Waals surface area contributed by atoms with Gasteiger partial charge in [-0.3, -0.25) is 0 Å². The topological polar surface area (TPSA) is 12.0 Å². The van der Waals surface area contributed by atoms with E-state index >= 15 is 0 Å². The van der Waals surface area contributed by atoms with E-state index in [1.54, 1.807) is 0 Å². The SMILES string of the molecule is CCCC(CC)NC1CC(c2ccccc2)C1. The third kappa shape index (κ3) is 3.32. The normalized spacial score (nSPS) is 25.3. The maximum Gasteiger partial charge on any atom is 0.00813 e. The van der Waals surface area contributed by atoms with E-state index in [-0.39, 0.29) is 0 Å². The minimum atomic E-state index is 0.738. The summed E-state index contributed by atoms with van der Waals surface area (Å²) >= 11 is 0. The molecular formula is C16H25N. The van der Waals surface area contributed by atoms with Crippen LogP contribution in [0.25, 0.3) is 0 Å². The molecule has 94 valence electrons. The molecule has 1 aliphatic rings. The van der Waals surface area contributed by atoms with E-state index < -0.39 is 0 Å². The van der Waals surface area contributed by atoms with Crippen molar-refractivity contribution in [1.29, 1.82) is 0 Å². The van der Waals surface area contributed by atoms with Crippen LogP contribution in [-0.2, 0) is 0 Å². The third-order valence-corrected chi connectivity index (χ3v) is 4.01. The van der Waals surface area contributed by atoms with Gasteiger partial charge in [-0.05, 0) is 37.2 Å². The van der Waals surface area contributed by atoms with Gasteiger partial charge >= 0.3 is 0 Å². The monoisotopic (exact) mass is 231 g/mol. The minimum Gasteiger partial charge on any atom is -0.311 e. The van der Waals surface area contributed by atoms with Gasteiger partial charge in [0.2, 0.25) is 0 Å². The summed E-state index contributed by atoms with van der Waals surface area (Å²) in [7, 11) is 0. The molecule has 1 aliphatic carbocycles. The van der Waals surface area contributed by atoms with Crippen molar-refractivity contribution in [2.45, 2.75) is 64.0 Å². The summed E-state index contributed by atoms with van der Waals surface area (Å²) in [5.41, 5.74) is 1.52. The van der Waals surface area contributed by atoms with Crippen LogP contribution < -0.4 is 5.32 Å². The van der Waals surface area contributed by atoms with Gasteiger partial charge in [0.25, 0.3) is 0 Å². The predicted molar refractivity (Wildman–Crippen MR) is 74.3 cm³/mol. The van der Waals surface area contributed by atoms with Crippen molar-refractivity contribution in [2.24, 2.45) is 0 Å². The van der Waals surface area contributed by atoms with Crippen molar-refractivity contribution in [2.75, 3.05) is 0 Å². The van der Waals surface area contributed by atoms with Crippen molar-refractivity contribution in [1.82, 2.24) is 5.32 Å². The highest BCUT2D eigenvalue weighted by atomic mass is 15.0. The molecule has 0 spiro atoms. The van der Waals surface area contributed by atoms with Crippen LogP contribution >= 0.6 is 0 Å². The van der Waals surface area contributed by atoms with Gasteiger partial charge in [-0.2, -0.15) is 0 Å². The van der Waals surface area contributed by atoms with Crippen LogP contribution in [0.4, 0.5) is 0 Å². The minimum absolute atomic E-state index is 0.738. The molecule has 1 fully saturated rings. The van der Waals surface area contributed by atoms with Crippen LogP contribution in [0.5, 0.6) is 0 Å². The average Bonchev–Trinajstić information content (AvgIpc) is 2.33. The smallest absolute Gasteiger partial charge is 0.00813 e. The molecule has 1 nitrogen and oxygen atoms in total. The molecule has 0 aromatic heterocycles. The molecule has 1 saturated carbocycles. The predicted octanol–water partition coefficient (Wildman–Crippen LogP) is 4.10. The molecule has 17 heavy (non-hydrogen) atoms. The van der Waals surface area contributed by atoms with E-state index in [0.29, 0.717) is 0 Å². The Morgan fingerprint density at radius 1 is 1.18 bits per heavy atom. The van der Waals surface area contributed by atoms with E-state index in [1.165, 1.54) is 37.7 Å². The molecule has 1 heteroatoms. The van der Waals surface area contributed by atoms with Gasteiger partial charge in [0.05, 0.1) is 0 Å². The number of nitrogens with one attached hydrogen (secondary N) is 1. The second-order valence-electron chi connectivity index (χ2n) is 5.34. The number of benzene rings is 1. The lowest BCUT2D eigenvalue weighted by Gasteiger charge is -2.38. The van der Waals surface area contributed by atoms with Crippen LogP contribution in [-0.4, -0.2) is 12.1 Å². The maximum absolute atomic E-state index is 3.80. The molecule has 1 N–H and O–H groups in total. The Morgan fingerprint density at radius 3 is 2.47 bits per heavy atom. The Morgan fingerprint density at radius 2 is 1.88 bits per heavy atom. The van der Waals surface area contributed by atoms with Gasteiger partial charge in [-0.25, -0.2) is 0 Å². The summed E-state index contributed by atoms with van der Waals surface area (Å²) in [6.45, 7) is 4.57. The summed E-state index contributed by atoms with van der Waals surface area (Å²) < 4.78 is 0. The molecular weight excluding hydrogens is 206 g/mol. The van der Waals surface area contributed by atoms with E-state index in [2.05, 4.69) is 49.5 Å². The zero-order chi connectivity index (χ0) is 12.1. The Hall–Kier alpha value is -0.820. The first-order valence-electron chi connectivity index (χ1n) is 7.14. The van der Waals surface area contributed by atoms with E-state index in [9.17, 15) is 0 Å². The molecule has 0 aliphatic heterocycles. The Balaban J connectivity index is 1.75. The van der Waals surface area contributed by atoms with Gasteiger partial charge in [0.15, 0.2) is 0 Å². The lowest BCUT2D eigenvalue weighted by molar-refractivity contribution is 0.255. The molecule has 2 rings (SSSR count). The second-order valence-corrected chi connectivity index (χ2v) is 5.34. The van der Waals surface area contributed by atoms with Gasteiger partial charge in [0, 0.05) is 12.1 Å². The van der Waals surface area contributed by atoms with Gasteiger partial charge in [-0.1, -0.05) is 50.6 Å². The Labute approximate surface area is 106 Å². The van der Waals surface area contributed by atoms with E-state index in [1.807, 2.05) is 0 Å². The molecule has 1 aromatic carbocycles. The first kappa shape index (κ1) is 12.6. The highest BCUT2D eigenvalue weighted by molar-refractivity contribution is 5.22. The Bertz CT molecular complexity index is 314. The fourth-order valence-corrected chi connectivity index (χ4v) is 2.84. The summed E-state index contributed by atoms with van der Waals surface area (Å²) in [5.74, 6) is 0.799. The van der Waals surface area contributed by atoms with Crippen molar-refractivity contribution in [3.63, 3.8) is 0 Å². The lowest BCUT2D eigenvalue weighted by Crippen LogP contribution is -2.45. The zero-order valence-electron chi connectivity index (χ0n) is 11.2. The molecule has 1 unspecified atom stereocenters. The van der Waals surface area contributed by atoms with Gasteiger partial charge in [0.1, 0.15) is 0 Å². The van der Waals surface area contributed by atoms with Gasteiger partial charge in [-0.15, -0.1) is 0 Å². The summed E-state index contributed by atoms with van der Waals surface area (Å²) in [6.07, 6.45) is 6.53. The number of rotatable bonds is 6. The molecule has 0 bridgehead atoms. The number of hydrogen-bond donors (Lipinski definition) is 1. The largest absolute Gasteiger partial charge is 0.311 e. The quantitative estimate of drug-likeness (QED) is 0.777. The van der Waals surface area contributed by atoms with Crippen molar-refractivity contribution >= 4 is 0 Å². The van der Waals surface area contributed by atoms with E-state index in [0.717, 1.165) is 18.0 Å². The highest BCUT2D eigenvalue weighted by Crippen LogP contribution is 2.37. The summed E-state index contributed by atoms with van der Waals surface area (Å²) in [4.78, 5) is 0.